The van der Waals surface area contributed by atoms with E-state index in [0.29, 0.717) is 6.42 Å². The van der Waals surface area contributed by atoms with Crippen molar-refractivity contribution < 1.29 is 9.53 Å². The Hall–Kier alpha value is -2.96. The number of thiazole rings is 1. The van der Waals surface area contributed by atoms with E-state index in [0.717, 1.165) is 16.9 Å². The van der Waals surface area contributed by atoms with E-state index in [4.69, 9.17) is 10.5 Å². The van der Waals surface area contributed by atoms with Crippen LogP contribution < -0.4 is 11.1 Å². The van der Waals surface area contributed by atoms with Gasteiger partial charge in [0.15, 0.2) is 0 Å². The zero-order valence-corrected chi connectivity index (χ0v) is 16.9. The van der Waals surface area contributed by atoms with Gasteiger partial charge in [-0.2, -0.15) is 0 Å². The van der Waals surface area contributed by atoms with E-state index < -0.39 is 6.09 Å². The molecule has 2 unspecified atom stereocenters. The molecular formula is C23H25N3O2S. The van der Waals surface area contributed by atoms with E-state index in [1.54, 1.807) is 11.7 Å². The summed E-state index contributed by atoms with van der Waals surface area (Å²) in [5.41, 5.74) is 10.3. The van der Waals surface area contributed by atoms with Gasteiger partial charge in [0, 0.05) is 12.2 Å². The fourth-order valence-corrected chi connectivity index (χ4v) is 3.42. The van der Waals surface area contributed by atoms with Gasteiger partial charge in [-0.3, -0.25) is 4.98 Å². The van der Waals surface area contributed by atoms with E-state index in [1.807, 2.05) is 60.7 Å². The van der Waals surface area contributed by atoms with Crippen LogP contribution in [0.3, 0.4) is 0 Å². The topological polar surface area (TPSA) is 77.2 Å². The maximum atomic E-state index is 12.3. The number of nitrogens with two attached hydrogens (primary N) is 1. The van der Waals surface area contributed by atoms with Crippen LogP contribution in [-0.4, -0.2) is 23.2 Å². The molecule has 0 aliphatic heterocycles. The molecule has 1 amide bonds. The first-order chi connectivity index (χ1) is 14.2. The highest BCUT2D eigenvalue weighted by Gasteiger charge is 2.12. The van der Waals surface area contributed by atoms with Crippen molar-refractivity contribution in [1.82, 2.24) is 10.3 Å². The average molecular weight is 408 g/mol. The summed E-state index contributed by atoms with van der Waals surface area (Å²) in [6.45, 7) is 0.214. The monoisotopic (exact) mass is 407 g/mol. The van der Waals surface area contributed by atoms with Gasteiger partial charge in [-0.15, -0.1) is 11.3 Å². The summed E-state index contributed by atoms with van der Waals surface area (Å²) in [6, 6.07) is 19.8. The van der Waals surface area contributed by atoms with E-state index in [2.05, 4.69) is 22.4 Å². The number of carbonyl (C=O) groups is 1. The summed E-state index contributed by atoms with van der Waals surface area (Å²) in [5.74, 6) is 0. The van der Waals surface area contributed by atoms with Gasteiger partial charge in [-0.05, 0) is 24.0 Å². The summed E-state index contributed by atoms with van der Waals surface area (Å²) in [7, 11) is 0. The molecule has 6 heteroatoms. The molecule has 3 aromatic rings. The molecule has 1 aromatic heterocycles. The number of nitrogens with one attached hydrogen (secondary N) is 1. The molecule has 3 N–H and O–H groups in total. The van der Waals surface area contributed by atoms with Crippen LogP contribution in [0, 0.1) is 0 Å². The predicted octanol–water partition coefficient (Wildman–Crippen LogP) is 4.11. The molecule has 1 heterocycles. The molecule has 0 saturated heterocycles. The first-order valence-corrected chi connectivity index (χ1v) is 10.4. The number of hydrogen-bond acceptors (Lipinski definition) is 5. The van der Waals surface area contributed by atoms with Crippen LogP contribution in [0.1, 0.15) is 16.0 Å². The lowest BCUT2D eigenvalue weighted by atomic mass is 10.0. The average Bonchev–Trinajstić information content (AvgIpc) is 3.26. The quantitative estimate of drug-likeness (QED) is 0.524. The lowest BCUT2D eigenvalue weighted by molar-refractivity contribution is 0.138. The molecule has 0 saturated carbocycles. The number of benzene rings is 2. The van der Waals surface area contributed by atoms with Gasteiger partial charge in [-0.1, -0.05) is 72.8 Å². The third-order valence-corrected chi connectivity index (χ3v) is 5.09. The lowest BCUT2D eigenvalue weighted by Crippen LogP contribution is -2.36. The van der Waals surface area contributed by atoms with Gasteiger partial charge < -0.3 is 15.8 Å². The van der Waals surface area contributed by atoms with Crippen molar-refractivity contribution in [2.75, 3.05) is 0 Å². The Labute approximate surface area is 175 Å². The summed E-state index contributed by atoms with van der Waals surface area (Å²) < 4.78 is 5.31. The van der Waals surface area contributed by atoms with E-state index in [-0.39, 0.29) is 18.7 Å². The van der Waals surface area contributed by atoms with Crippen LogP contribution in [-0.2, 0) is 24.2 Å². The Morgan fingerprint density at radius 3 is 2.31 bits per heavy atom. The number of ether oxygens (including phenoxy) is 1. The van der Waals surface area contributed by atoms with Crippen molar-refractivity contribution in [2.45, 2.75) is 31.5 Å². The molecule has 5 nitrogen and oxygen atoms in total. The normalized spacial score (nSPS) is 13.1. The lowest BCUT2D eigenvalue weighted by Gasteiger charge is -2.16. The smallest absolute Gasteiger partial charge is 0.407 e. The second-order valence-corrected chi connectivity index (χ2v) is 7.69. The molecule has 0 radical (unpaired) electrons. The molecular weight excluding hydrogens is 382 g/mol. The Kier molecular flexibility index (Phi) is 7.98. The largest absolute Gasteiger partial charge is 0.444 e. The summed E-state index contributed by atoms with van der Waals surface area (Å²) in [4.78, 5) is 17.1. The highest BCUT2D eigenvalue weighted by Crippen LogP contribution is 2.09. The van der Waals surface area contributed by atoms with Crippen molar-refractivity contribution >= 4 is 17.4 Å². The van der Waals surface area contributed by atoms with Gasteiger partial charge in [-0.25, -0.2) is 4.79 Å². The standard InChI is InChI=1S/C23H25N3O2S/c24-20(13-18-7-3-1-4-8-18)11-12-21(14-19-9-5-2-6-10-19)26-23(27)28-16-22-15-25-17-29-22/h1-12,15,17,20-21H,13-14,16,24H2,(H,26,27)/b12-11+. The van der Waals surface area contributed by atoms with E-state index in [1.165, 1.54) is 16.9 Å². The van der Waals surface area contributed by atoms with Crippen LogP contribution in [0.4, 0.5) is 4.79 Å². The summed E-state index contributed by atoms with van der Waals surface area (Å²) >= 11 is 1.45. The second-order valence-electron chi connectivity index (χ2n) is 6.72. The highest BCUT2D eigenvalue weighted by atomic mass is 32.1. The maximum absolute atomic E-state index is 12.3. The maximum Gasteiger partial charge on any atom is 0.407 e. The molecule has 2 atom stereocenters. The van der Waals surface area contributed by atoms with Crippen LogP contribution in [0.5, 0.6) is 0 Å². The Bertz CT molecular complexity index is 883. The Morgan fingerprint density at radius 1 is 1.03 bits per heavy atom. The number of nitrogens with zero attached hydrogens (tertiary/aromatic N) is 1. The van der Waals surface area contributed by atoms with E-state index >= 15 is 0 Å². The van der Waals surface area contributed by atoms with Gasteiger partial charge in [0.1, 0.15) is 6.61 Å². The molecule has 29 heavy (non-hydrogen) atoms. The second kappa shape index (κ2) is 11.1. The minimum atomic E-state index is -0.458. The van der Waals surface area contributed by atoms with Gasteiger partial charge in [0.25, 0.3) is 0 Å². The van der Waals surface area contributed by atoms with E-state index in [9.17, 15) is 4.79 Å². The Balaban J connectivity index is 1.59. The van der Waals surface area contributed by atoms with Gasteiger partial charge in [0.2, 0.25) is 0 Å². The molecule has 0 bridgehead atoms. The number of amides is 1. The highest BCUT2D eigenvalue weighted by molar-refractivity contribution is 7.09. The third-order valence-electron chi connectivity index (χ3n) is 4.34. The fraction of sp³-hybridized carbons (Fsp3) is 0.217. The van der Waals surface area contributed by atoms with Crippen LogP contribution >= 0.6 is 11.3 Å². The molecule has 0 fully saturated rings. The number of aromatic nitrogens is 1. The van der Waals surface area contributed by atoms with Crippen molar-refractivity contribution in [3.63, 3.8) is 0 Å². The zero-order chi connectivity index (χ0) is 20.3. The fourth-order valence-electron chi connectivity index (χ4n) is 2.91. The molecule has 0 aliphatic carbocycles. The zero-order valence-electron chi connectivity index (χ0n) is 16.1. The first-order valence-electron chi connectivity index (χ1n) is 9.51. The SMILES string of the molecule is NC(/C=C/C(Cc1ccccc1)NC(=O)OCc1cncs1)Cc1ccccc1. The number of alkyl carbamates (subject to hydrolysis) is 1. The third kappa shape index (κ3) is 7.52. The number of rotatable bonds is 9. The molecule has 2 aromatic carbocycles. The summed E-state index contributed by atoms with van der Waals surface area (Å²) in [5, 5.41) is 2.93. The summed E-state index contributed by atoms with van der Waals surface area (Å²) in [6.07, 6.45) is 6.54. The van der Waals surface area contributed by atoms with Crippen molar-refractivity contribution in [2.24, 2.45) is 5.73 Å². The first kappa shape index (κ1) is 20.8. The van der Waals surface area contributed by atoms with Crippen molar-refractivity contribution in [1.29, 1.82) is 0 Å². The Morgan fingerprint density at radius 2 is 1.69 bits per heavy atom. The van der Waals surface area contributed by atoms with Crippen LogP contribution in [0.2, 0.25) is 0 Å². The molecule has 3 rings (SSSR count). The number of hydrogen-bond donors (Lipinski definition) is 2. The number of carbonyl (C=O) groups excluding carboxylic acids is 1. The van der Waals surface area contributed by atoms with Gasteiger partial charge >= 0.3 is 6.09 Å². The van der Waals surface area contributed by atoms with Crippen molar-refractivity contribution in [3.8, 4) is 0 Å². The minimum absolute atomic E-state index is 0.134. The van der Waals surface area contributed by atoms with Crippen molar-refractivity contribution in [3.05, 3.63) is 101 Å². The van der Waals surface area contributed by atoms with Crippen LogP contribution in [0.25, 0.3) is 0 Å². The molecule has 0 aliphatic rings. The predicted molar refractivity (Wildman–Crippen MR) is 117 cm³/mol. The minimum Gasteiger partial charge on any atom is -0.444 e. The molecule has 0 spiro atoms. The van der Waals surface area contributed by atoms with Gasteiger partial charge in [0.05, 0.1) is 16.4 Å². The molecule has 150 valence electrons. The van der Waals surface area contributed by atoms with Crippen LogP contribution in [0.15, 0.2) is 84.5 Å².